The van der Waals surface area contributed by atoms with Crippen molar-refractivity contribution in [2.75, 3.05) is 6.54 Å². The molecule has 0 radical (unpaired) electrons. The molecule has 0 aliphatic heterocycles. The van der Waals surface area contributed by atoms with E-state index in [0.717, 1.165) is 6.42 Å². The number of hydrogen-bond donors (Lipinski definition) is 1. The van der Waals surface area contributed by atoms with Crippen molar-refractivity contribution in [3.8, 4) is 0 Å². The van der Waals surface area contributed by atoms with Crippen LogP contribution in [0, 0.1) is 5.92 Å². The molecular formula is C12H18F3N3O. The topological polar surface area (TPSA) is 64.9 Å². The summed E-state index contributed by atoms with van der Waals surface area (Å²) in [4.78, 5) is 4.10. The van der Waals surface area contributed by atoms with Gasteiger partial charge >= 0.3 is 6.18 Å². The third kappa shape index (κ3) is 3.46. The lowest BCUT2D eigenvalue weighted by molar-refractivity contribution is -0.189. The fourth-order valence-corrected chi connectivity index (χ4v) is 2.60. The third-order valence-corrected chi connectivity index (χ3v) is 3.59. The van der Waals surface area contributed by atoms with Gasteiger partial charge in [-0.3, -0.25) is 0 Å². The molecule has 0 aromatic carbocycles. The van der Waals surface area contributed by atoms with E-state index in [1.807, 2.05) is 0 Å². The minimum atomic E-state index is -4.20. The molecule has 4 nitrogen and oxygen atoms in total. The van der Waals surface area contributed by atoms with Gasteiger partial charge in [0.1, 0.15) is 0 Å². The number of nitrogens with two attached hydrogens (primary N) is 1. The number of alkyl halides is 3. The summed E-state index contributed by atoms with van der Waals surface area (Å²) in [6.45, 7) is 0.498. The van der Waals surface area contributed by atoms with Crippen LogP contribution in [0.1, 0.15) is 49.7 Å². The first-order chi connectivity index (χ1) is 9.02. The second-order valence-corrected chi connectivity index (χ2v) is 4.98. The summed E-state index contributed by atoms with van der Waals surface area (Å²) in [6.07, 6.45) is -0.962. The summed E-state index contributed by atoms with van der Waals surface area (Å²) < 4.78 is 44.0. The maximum absolute atomic E-state index is 13.0. The molecule has 1 aromatic heterocycles. The zero-order chi connectivity index (χ0) is 13.9. The van der Waals surface area contributed by atoms with Gasteiger partial charge in [-0.2, -0.15) is 18.2 Å². The number of rotatable bonds is 4. The quantitative estimate of drug-likeness (QED) is 0.919. The van der Waals surface area contributed by atoms with E-state index in [1.165, 1.54) is 0 Å². The largest absolute Gasteiger partial charge is 0.392 e. The lowest BCUT2D eigenvalue weighted by Crippen LogP contribution is -2.31. The van der Waals surface area contributed by atoms with Gasteiger partial charge in [0.15, 0.2) is 5.82 Å². The van der Waals surface area contributed by atoms with Crippen LogP contribution in [0.2, 0.25) is 0 Å². The molecule has 108 valence electrons. The molecule has 2 unspecified atom stereocenters. The highest BCUT2D eigenvalue weighted by Gasteiger charge is 2.47. The molecular weight excluding hydrogens is 259 g/mol. The maximum Gasteiger partial charge on any atom is 0.392 e. The van der Waals surface area contributed by atoms with Crippen molar-refractivity contribution in [1.29, 1.82) is 0 Å². The monoisotopic (exact) mass is 277 g/mol. The predicted molar refractivity (Wildman–Crippen MR) is 62.4 cm³/mol. The summed E-state index contributed by atoms with van der Waals surface area (Å²) >= 11 is 0. The van der Waals surface area contributed by atoms with Crippen LogP contribution in [0.15, 0.2) is 4.52 Å². The van der Waals surface area contributed by atoms with Crippen LogP contribution in [-0.2, 0) is 6.42 Å². The van der Waals surface area contributed by atoms with Crippen LogP contribution in [0.4, 0.5) is 13.2 Å². The normalized spacial score (nSPS) is 24.6. The SMILES string of the molecule is NCCCc1noc(C2CCCCC2C(F)(F)F)n1. The number of aryl methyl sites for hydroxylation is 1. The molecule has 2 N–H and O–H groups in total. The molecule has 2 atom stereocenters. The first kappa shape index (κ1) is 14.3. The van der Waals surface area contributed by atoms with Gasteiger partial charge in [0.25, 0.3) is 0 Å². The minimum Gasteiger partial charge on any atom is -0.339 e. The summed E-state index contributed by atoms with van der Waals surface area (Å²) in [5.74, 6) is -1.46. The molecule has 0 amide bonds. The Hall–Kier alpha value is -1.11. The van der Waals surface area contributed by atoms with Gasteiger partial charge in [-0.05, 0) is 25.8 Å². The first-order valence-electron chi connectivity index (χ1n) is 6.61. The lowest BCUT2D eigenvalue weighted by atomic mass is 9.78. The van der Waals surface area contributed by atoms with E-state index in [-0.39, 0.29) is 12.3 Å². The standard InChI is InChI=1S/C12H18F3N3O/c13-12(14,15)9-5-2-1-4-8(9)11-17-10(18-19-11)6-3-7-16/h8-9H,1-7,16H2. The Bertz CT molecular complexity index is 405. The summed E-state index contributed by atoms with van der Waals surface area (Å²) in [6, 6.07) is 0. The highest BCUT2D eigenvalue weighted by Crippen LogP contribution is 2.45. The Kier molecular flexibility index (Phi) is 4.44. The molecule has 1 fully saturated rings. The van der Waals surface area contributed by atoms with Crippen LogP contribution in [-0.4, -0.2) is 22.9 Å². The molecule has 0 spiro atoms. The average Bonchev–Trinajstić information content (AvgIpc) is 2.84. The second kappa shape index (κ2) is 5.90. The van der Waals surface area contributed by atoms with E-state index in [9.17, 15) is 13.2 Å². The zero-order valence-corrected chi connectivity index (χ0v) is 10.6. The lowest BCUT2D eigenvalue weighted by Gasteiger charge is -2.30. The predicted octanol–water partition coefficient (Wildman–Crippen LogP) is 2.80. The van der Waals surface area contributed by atoms with Crippen LogP contribution >= 0.6 is 0 Å². The Balaban J connectivity index is 2.11. The molecule has 1 aliphatic carbocycles. The van der Waals surface area contributed by atoms with E-state index in [4.69, 9.17) is 10.3 Å². The van der Waals surface area contributed by atoms with Crippen LogP contribution < -0.4 is 5.73 Å². The molecule has 1 aromatic rings. The summed E-state index contributed by atoms with van der Waals surface area (Å²) in [5, 5.41) is 3.74. The Morgan fingerprint density at radius 1 is 1.26 bits per heavy atom. The van der Waals surface area contributed by atoms with Crippen LogP contribution in [0.3, 0.4) is 0 Å². The van der Waals surface area contributed by atoms with Crippen LogP contribution in [0.25, 0.3) is 0 Å². The molecule has 1 saturated carbocycles. The van der Waals surface area contributed by atoms with E-state index >= 15 is 0 Å². The van der Waals surface area contributed by atoms with Crippen molar-refractivity contribution in [3.05, 3.63) is 11.7 Å². The molecule has 1 heterocycles. The zero-order valence-electron chi connectivity index (χ0n) is 10.6. The number of halogens is 3. The fraction of sp³-hybridized carbons (Fsp3) is 0.833. The molecule has 2 rings (SSSR count). The van der Waals surface area contributed by atoms with Crippen molar-refractivity contribution < 1.29 is 17.7 Å². The van der Waals surface area contributed by atoms with Crippen molar-refractivity contribution in [2.24, 2.45) is 11.7 Å². The number of nitrogens with zero attached hydrogens (tertiary/aromatic N) is 2. The second-order valence-electron chi connectivity index (χ2n) is 4.98. The molecule has 0 bridgehead atoms. The van der Waals surface area contributed by atoms with E-state index in [2.05, 4.69) is 10.1 Å². The highest BCUT2D eigenvalue weighted by atomic mass is 19.4. The highest BCUT2D eigenvalue weighted by molar-refractivity contribution is 5.00. The maximum atomic E-state index is 13.0. The minimum absolute atomic E-state index is 0.133. The molecule has 7 heteroatoms. The smallest absolute Gasteiger partial charge is 0.339 e. The first-order valence-corrected chi connectivity index (χ1v) is 6.61. The summed E-state index contributed by atoms with van der Waals surface area (Å²) in [7, 11) is 0. The van der Waals surface area contributed by atoms with Gasteiger partial charge in [-0.15, -0.1) is 0 Å². The van der Waals surface area contributed by atoms with Crippen molar-refractivity contribution in [1.82, 2.24) is 10.1 Å². The molecule has 0 saturated heterocycles. The van der Waals surface area contributed by atoms with E-state index < -0.39 is 18.0 Å². The van der Waals surface area contributed by atoms with Gasteiger partial charge < -0.3 is 10.3 Å². The van der Waals surface area contributed by atoms with Gasteiger partial charge in [0.05, 0.1) is 5.92 Å². The van der Waals surface area contributed by atoms with Gasteiger partial charge in [0.2, 0.25) is 5.89 Å². The Morgan fingerprint density at radius 2 is 2.00 bits per heavy atom. The Labute approximate surface area is 109 Å². The Morgan fingerprint density at radius 3 is 2.68 bits per heavy atom. The van der Waals surface area contributed by atoms with Crippen molar-refractivity contribution >= 4 is 0 Å². The van der Waals surface area contributed by atoms with E-state index in [1.54, 1.807) is 0 Å². The molecule has 1 aliphatic rings. The fourth-order valence-electron chi connectivity index (χ4n) is 2.60. The van der Waals surface area contributed by atoms with Gasteiger partial charge in [0, 0.05) is 12.3 Å². The number of hydrogen-bond acceptors (Lipinski definition) is 4. The van der Waals surface area contributed by atoms with Gasteiger partial charge in [-0.25, -0.2) is 0 Å². The number of aromatic nitrogens is 2. The van der Waals surface area contributed by atoms with E-state index in [0.29, 0.717) is 38.1 Å². The van der Waals surface area contributed by atoms with Gasteiger partial charge in [-0.1, -0.05) is 18.0 Å². The summed E-state index contributed by atoms with van der Waals surface area (Å²) in [5.41, 5.74) is 5.37. The van der Waals surface area contributed by atoms with Crippen molar-refractivity contribution in [2.45, 2.75) is 50.6 Å². The van der Waals surface area contributed by atoms with Crippen molar-refractivity contribution in [3.63, 3.8) is 0 Å². The molecule has 19 heavy (non-hydrogen) atoms. The average molecular weight is 277 g/mol. The van der Waals surface area contributed by atoms with Crippen LogP contribution in [0.5, 0.6) is 0 Å². The third-order valence-electron chi connectivity index (χ3n) is 3.59.